The Balaban J connectivity index is 2.19. The number of hydrogen-bond acceptors (Lipinski definition) is 6. The first-order valence-corrected chi connectivity index (χ1v) is 6.22. The molecule has 1 atom stereocenters. The van der Waals surface area contributed by atoms with Crippen LogP contribution in [0, 0.1) is 0 Å². The number of hydrogen-bond donors (Lipinski definition) is 2. The van der Waals surface area contributed by atoms with Crippen LogP contribution in [-0.4, -0.2) is 24.2 Å². The number of nitrogens with zero attached hydrogens (tertiary/aromatic N) is 2. The molecule has 0 aliphatic rings. The van der Waals surface area contributed by atoms with Crippen LogP contribution in [0.4, 0.5) is 0 Å². The van der Waals surface area contributed by atoms with Crippen molar-refractivity contribution in [1.29, 1.82) is 0 Å². The van der Waals surface area contributed by atoms with Crippen LogP contribution in [0.2, 0.25) is 0 Å². The maximum absolute atomic E-state index is 5.63. The molecule has 1 heterocycles. The van der Waals surface area contributed by atoms with E-state index in [0.29, 0.717) is 18.0 Å². The van der Waals surface area contributed by atoms with Gasteiger partial charge in [0.2, 0.25) is 5.88 Å². The first kappa shape index (κ1) is 14.2. The fourth-order valence-corrected chi connectivity index (χ4v) is 1.96. The van der Waals surface area contributed by atoms with Crippen LogP contribution in [0.3, 0.4) is 0 Å². The highest BCUT2D eigenvalue weighted by atomic mass is 16.5. The molecule has 106 valence electrons. The molecule has 0 radical (unpaired) electrons. The topological polar surface area (TPSA) is 82.3 Å². The number of nitrogens with one attached hydrogen (secondary N) is 1. The predicted molar refractivity (Wildman–Crippen MR) is 75.3 cm³/mol. The fraction of sp³-hybridized carbons (Fsp3) is 0.286. The molecule has 0 amide bonds. The third kappa shape index (κ3) is 3.23. The van der Waals surface area contributed by atoms with E-state index in [1.165, 1.54) is 0 Å². The average Bonchev–Trinajstić information content (AvgIpc) is 2.53. The van der Waals surface area contributed by atoms with E-state index in [9.17, 15) is 0 Å². The minimum atomic E-state index is -0.174. The summed E-state index contributed by atoms with van der Waals surface area (Å²) < 4.78 is 10.4. The van der Waals surface area contributed by atoms with Gasteiger partial charge in [-0.15, -0.1) is 0 Å². The lowest BCUT2D eigenvalue weighted by molar-refractivity contribution is 0.377. The van der Waals surface area contributed by atoms with Gasteiger partial charge in [0.1, 0.15) is 11.4 Å². The summed E-state index contributed by atoms with van der Waals surface area (Å²) >= 11 is 0. The fourth-order valence-electron chi connectivity index (χ4n) is 1.96. The molecule has 2 rings (SSSR count). The lowest BCUT2D eigenvalue weighted by Crippen LogP contribution is -2.30. The number of rotatable bonds is 6. The smallest absolute Gasteiger partial charge is 0.237 e. The van der Waals surface area contributed by atoms with Gasteiger partial charge in [-0.1, -0.05) is 12.1 Å². The molecule has 0 aliphatic heterocycles. The van der Waals surface area contributed by atoms with E-state index in [4.69, 9.17) is 15.3 Å². The summed E-state index contributed by atoms with van der Waals surface area (Å²) in [5, 5.41) is 0. The van der Waals surface area contributed by atoms with Crippen molar-refractivity contribution in [2.45, 2.75) is 12.5 Å². The van der Waals surface area contributed by atoms with Gasteiger partial charge in [-0.2, -0.15) is 0 Å². The molecule has 0 bridgehead atoms. The van der Waals surface area contributed by atoms with Crippen LogP contribution < -0.4 is 20.7 Å². The SMILES string of the molecule is COc1ccc(CC(NN)c2nccnc2OC)cc1. The zero-order valence-corrected chi connectivity index (χ0v) is 11.5. The molecule has 1 aromatic carbocycles. The lowest BCUT2D eigenvalue weighted by Gasteiger charge is -2.17. The molecule has 0 aliphatic carbocycles. The third-order valence-electron chi connectivity index (χ3n) is 3.01. The van der Waals surface area contributed by atoms with Gasteiger partial charge in [0.05, 0.1) is 20.3 Å². The molecule has 1 unspecified atom stereocenters. The summed E-state index contributed by atoms with van der Waals surface area (Å²) in [6.07, 6.45) is 3.88. The third-order valence-corrected chi connectivity index (χ3v) is 3.01. The monoisotopic (exact) mass is 274 g/mol. The molecular formula is C14H18N4O2. The Morgan fingerprint density at radius 1 is 1.10 bits per heavy atom. The Hall–Kier alpha value is -2.18. The van der Waals surface area contributed by atoms with Gasteiger partial charge >= 0.3 is 0 Å². The van der Waals surface area contributed by atoms with Gasteiger partial charge in [0.25, 0.3) is 0 Å². The Labute approximate surface area is 117 Å². The molecule has 3 N–H and O–H groups in total. The van der Waals surface area contributed by atoms with Crippen molar-refractivity contribution in [3.8, 4) is 11.6 Å². The highest BCUT2D eigenvalue weighted by Crippen LogP contribution is 2.23. The largest absolute Gasteiger partial charge is 0.497 e. The van der Waals surface area contributed by atoms with Crippen molar-refractivity contribution in [1.82, 2.24) is 15.4 Å². The summed E-state index contributed by atoms with van der Waals surface area (Å²) in [6.45, 7) is 0. The van der Waals surface area contributed by atoms with Gasteiger partial charge < -0.3 is 9.47 Å². The molecule has 0 saturated heterocycles. The second-order valence-electron chi connectivity index (χ2n) is 4.22. The summed E-state index contributed by atoms with van der Waals surface area (Å²) in [5.41, 5.74) is 4.56. The second kappa shape index (κ2) is 6.83. The number of ether oxygens (including phenoxy) is 2. The number of hydrazine groups is 1. The number of benzene rings is 1. The van der Waals surface area contributed by atoms with Crippen LogP contribution in [-0.2, 0) is 6.42 Å². The summed E-state index contributed by atoms with van der Waals surface area (Å²) in [5.74, 6) is 6.93. The van der Waals surface area contributed by atoms with E-state index < -0.39 is 0 Å². The highest BCUT2D eigenvalue weighted by molar-refractivity contribution is 5.29. The predicted octanol–water partition coefficient (Wildman–Crippen LogP) is 1.24. The maximum Gasteiger partial charge on any atom is 0.237 e. The van der Waals surface area contributed by atoms with E-state index in [-0.39, 0.29) is 6.04 Å². The lowest BCUT2D eigenvalue weighted by atomic mass is 10.0. The van der Waals surface area contributed by atoms with Crippen molar-refractivity contribution in [2.75, 3.05) is 14.2 Å². The molecule has 2 aromatic rings. The van der Waals surface area contributed by atoms with Gasteiger partial charge in [0, 0.05) is 12.4 Å². The summed E-state index contributed by atoms with van der Waals surface area (Å²) in [4.78, 5) is 8.43. The molecule has 1 aromatic heterocycles. The maximum atomic E-state index is 5.63. The van der Waals surface area contributed by atoms with Crippen molar-refractivity contribution >= 4 is 0 Å². The average molecular weight is 274 g/mol. The van der Waals surface area contributed by atoms with Gasteiger partial charge in [-0.25, -0.2) is 4.98 Å². The molecule has 0 fully saturated rings. The van der Waals surface area contributed by atoms with Crippen LogP contribution in [0.5, 0.6) is 11.6 Å². The van der Waals surface area contributed by atoms with Crippen molar-refractivity contribution < 1.29 is 9.47 Å². The van der Waals surface area contributed by atoms with E-state index in [1.807, 2.05) is 24.3 Å². The van der Waals surface area contributed by atoms with Crippen LogP contribution in [0.15, 0.2) is 36.7 Å². The number of aromatic nitrogens is 2. The molecular weight excluding hydrogens is 256 g/mol. The minimum Gasteiger partial charge on any atom is -0.497 e. The van der Waals surface area contributed by atoms with Crippen LogP contribution >= 0.6 is 0 Å². The van der Waals surface area contributed by atoms with Crippen molar-refractivity contribution in [2.24, 2.45) is 5.84 Å². The quantitative estimate of drug-likeness (QED) is 0.609. The molecule has 6 heteroatoms. The first-order valence-electron chi connectivity index (χ1n) is 6.22. The molecule has 0 spiro atoms. The molecule has 0 saturated carbocycles. The number of nitrogens with two attached hydrogens (primary N) is 1. The summed E-state index contributed by atoms with van der Waals surface area (Å²) in [7, 11) is 3.21. The Kier molecular flexibility index (Phi) is 4.86. The minimum absolute atomic E-state index is 0.174. The second-order valence-corrected chi connectivity index (χ2v) is 4.22. The Morgan fingerprint density at radius 3 is 2.40 bits per heavy atom. The van der Waals surface area contributed by atoms with Crippen molar-refractivity contribution in [3.05, 3.63) is 47.9 Å². The molecule has 20 heavy (non-hydrogen) atoms. The Bertz CT molecular complexity index is 545. The zero-order chi connectivity index (χ0) is 14.4. The van der Waals surface area contributed by atoms with Gasteiger partial charge in [-0.3, -0.25) is 16.3 Å². The van der Waals surface area contributed by atoms with E-state index in [0.717, 1.165) is 11.3 Å². The standard InChI is InChI=1S/C14H18N4O2/c1-19-11-5-3-10(4-6-11)9-12(18-15)13-14(20-2)17-8-7-16-13/h3-8,12,18H,9,15H2,1-2H3. The van der Waals surface area contributed by atoms with Gasteiger partial charge in [-0.05, 0) is 24.1 Å². The van der Waals surface area contributed by atoms with Crippen LogP contribution in [0.25, 0.3) is 0 Å². The first-order chi connectivity index (χ1) is 9.78. The highest BCUT2D eigenvalue weighted by Gasteiger charge is 2.17. The zero-order valence-electron chi connectivity index (χ0n) is 11.5. The van der Waals surface area contributed by atoms with Gasteiger partial charge in [0.15, 0.2) is 0 Å². The van der Waals surface area contributed by atoms with E-state index in [1.54, 1.807) is 26.6 Å². The van der Waals surface area contributed by atoms with Crippen LogP contribution in [0.1, 0.15) is 17.3 Å². The summed E-state index contributed by atoms with van der Waals surface area (Å²) in [6, 6.07) is 7.64. The normalized spacial score (nSPS) is 11.9. The molecule has 6 nitrogen and oxygen atoms in total. The Morgan fingerprint density at radius 2 is 1.80 bits per heavy atom. The van der Waals surface area contributed by atoms with E-state index >= 15 is 0 Å². The number of methoxy groups -OCH3 is 2. The van der Waals surface area contributed by atoms with Crippen molar-refractivity contribution in [3.63, 3.8) is 0 Å². The van der Waals surface area contributed by atoms with E-state index in [2.05, 4.69) is 15.4 Å².